The zero-order valence-electron chi connectivity index (χ0n) is 14.1. The van der Waals surface area contributed by atoms with Crippen LogP contribution in [0, 0.1) is 6.92 Å². The topological polar surface area (TPSA) is 95.1 Å². The fourth-order valence-corrected chi connectivity index (χ4v) is 3.24. The number of rotatable bonds is 5. The lowest BCUT2D eigenvalue weighted by Crippen LogP contribution is -2.51. The number of ether oxygens (including phenoxy) is 1. The molecule has 0 atom stereocenters. The molecule has 3 N–H and O–H groups in total. The number of amides is 1. The van der Waals surface area contributed by atoms with Crippen molar-refractivity contribution in [3.05, 3.63) is 35.7 Å². The molecule has 2 aromatic rings. The number of hydrogen-bond donors (Lipinski definition) is 2. The van der Waals surface area contributed by atoms with Gasteiger partial charge in [0.25, 0.3) is 5.91 Å². The van der Waals surface area contributed by atoms with Gasteiger partial charge in [-0.2, -0.15) is 0 Å². The average molecular weight is 329 g/mol. The number of carbonyl (C=O) groups is 1. The van der Waals surface area contributed by atoms with Crippen LogP contribution < -0.4 is 15.8 Å². The molecular formula is C17H23N5O2. The van der Waals surface area contributed by atoms with Gasteiger partial charge in [-0.1, -0.05) is 18.1 Å². The standard InChI is InChI=1S/C17H23N5O2/c1-12-15(16(23)19-17(11-18)9-3-4-10-17)20-21-22(12)13-5-7-14(24-2)8-6-13/h5-8H,3-4,9-11,18H2,1-2H3,(H,19,23). The number of nitrogens with zero attached hydrogens (tertiary/aromatic N) is 3. The molecule has 128 valence electrons. The predicted molar refractivity (Wildman–Crippen MR) is 90.4 cm³/mol. The highest BCUT2D eigenvalue weighted by Crippen LogP contribution is 2.29. The first-order valence-corrected chi connectivity index (χ1v) is 8.18. The van der Waals surface area contributed by atoms with Gasteiger partial charge in [0.15, 0.2) is 5.69 Å². The molecule has 0 saturated heterocycles. The summed E-state index contributed by atoms with van der Waals surface area (Å²) >= 11 is 0. The lowest BCUT2D eigenvalue weighted by Gasteiger charge is -2.28. The van der Waals surface area contributed by atoms with Crippen molar-refractivity contribution in [2.45, 2.75) is 38.1 Å². The maximum absolute atomic E-state index is 12.6. The van der Waals surface area contributed by atoms with Gasteiger partial charge in [-0.3, -0.25) is 4.79 Å². The fraction of sp³-hybridized carbons (Fsp3) is 0.471. The second-order valence-electron chi connectivity index (χ2n) is 6.28. The molecule has 1 amide bonds. The lowest BCUT2D eigenvalue weighted by molar-refractivity contribution is 0.0897. The summed E-state index contributed by atoms with van der Waals surface area (Å²) in [5, 5.41) is 11.3. The van der Waals surface area contributed by atoms with Crippen LogP contribution in [0.4, 0.5) is 0 Å². The van der Waals surface area contributed by atoms with E-state index in [9.17, 15) is 4.79 Å². The third-order valence-corrected chi connectivity index (χ3v) is 4.76. The second-order valence-corrected chi connectivity index (χ2v) is 6.28. The van der Waals surface area contributed by atoms with Gasteiger partial charge in [0.1, 0.15) is 5.75 Å². The summed E-state index contributed by atoms with van der Waals surface area (Å²) in [6, 6.07) is 7.44. The third kappa shape index (κ3) is 2.99. The van der Waals surface area contributed by atoms with Crippen molar-refractivity contribution in [1.82, 2.24) is 20.3 Å². The molecular weight excluding hydrogens is 306 g/mol. The smallest absolute Gasteiger partial charge is 0.274 e. The van der Waals surface area contributed by atoms with Crippen LogP contribution in [0.25, 0.3) is 5.69 Å². The van der Waals surface area contributed by atoms with E-state index in [1.165, 1.54) is 0 Å². The second kappa shape index (κ2) is 6.60. The van der Waals surface area contributed by atoms with E-state index in [2.05, 4.69) is 15.6 Å². The first-order chi connectivity index (χ1) is 11.6. The van der Waals surface area contributed by atoms with Crippen molar-refractivity contribution in [3.63, 3.8) is 0 Å². The van der Waals surface area contributed by atoms with Crippen LogP contribution >= 0.6 is 0 Å². The van der Waals surface area contributed by atoms with Gasteiger partial charge in [-0.05, 0) is 44.0 Å². The SMILES string of the molecule is COc1ccc(-n2nnc(C(=O)NC3(CN)CCCC3)c2C)cc1. The molecule has 0 bridgehead atoms. The molecule has 1 heterocycles. The number of aromatic nitrogens is 3. The van der Waals surface area contributed by atoms with Crippen LogP contribution in [0.15, 0.2) is 24.3 Å². The summed E-state index contributed by atoms with van der Waals surface area (Å²) in [7, 11) is 1.62. The summed E-state index contributed by atoms with van der Waals surface area (Å²) in [5.74, 6) is 0.556. The van der Waals surface area contributed by atoms with Crippen molar-refractivity contribution in [2.75, 3.05) is 13.7 Å². The minimum atomic E-state index is -0.298. The monoisotopic (exact) mass is 329 g/mol. The van der Waals surface area contributed by atoms with Crippen LogP contribution in [-0.2, 0) is 0 Å². The molecule has 24 heavy (non-hydrogen) atoms. The van der Waals surface area contributed by atoms with Crippen LogP contribution in [0.2, 0.25) is 0 Å². The summed E-state index contributed by atoms with van der Waals surface area (Å²) < 4.78 is 6.81. The highest BCUT2D eigenvalue weighted by Gasteiger charge is 2.35. The summed E-state index contributed by atoms with van der Waals surface area (Å²) in [6.45, 7) is 2.29. The molecule has 0 aliphatic heterocycles. The minimum Gasteiger partial charge on any atom is -0.497 e. The molecule has 1 aromatic carbocycles. The molecule has 7 nitrogen and oxygen atoms in total. The van der Waals surface area contributed by atoms with Crippen molar-refractivity contribution in [1.29, 1.82) is 0 Å². The third-order valence-electron chi connectivity index (χ3n) is 4.76. The zero-order chi connectivity index (χ0) is 17.2. The molecule has 0 spiro atoms. The Morgan fingerprint density at radius 3 is 2.58 bits per heavy atom. The van der Waals surface area contributed by atoms with Crippen LogP contribution in [0.1, 0.15) is 41.9 Å². The van der Waals surface area contributed by atoms with Gasteiger partial charge in [0.2, 0.25) is 0 Å². The Morgan fingerprint density at radius 1 is 1.33 bits per heavy atom. The summed E-state index contributed by atoms with van der Waals surface area (Å²) in [5.41, 5.74) is 7.45. The number of carbonyl (C=O) groups excluding carboxylic acids is 1. The Labute approximate surface area is 141 Å². The van der Waals surface area contributed by atoms with Crippen molar-refractivity contribution in [3.8, 4) is 11.4 Å². The van der Waals surface area contributed by atoms with Crippen LogP contribution in [-0.4, -0.2) is 40.1 Å². The van der Waals surface area contributed by atoms with Crippen molar-refractivity contribution >= 4 is 5.91 Å². The maximum Gasteiger partial charge on any atom is 0.274 e. The van der Waals surface area contributed by atoms with Crippen molar-refractivity contribution in [2.24, 2.45) is 5.73 Å². The van der Waals surface area contributed by atoms with E-state index < -0.39 is 0 Å². The zero-order valence-corrected chi connectivity index (χ0v) is 14.1. The predicted octanol–water partition coefficient (Wildman–Crippen LogP) is 1.59. The quantitative estimate of drug-likeness (QED) is 0.868. The Kier molecular flexibility index (Phi) is 4.53. The lowest BCUT2D eigenvalue weighted by atomic mass is 9.97. The number of methoxy groups -OCH3 is 1. The van der Waals surface area contributed by atoms with E-state index in [0.717, 1.165) is 37.1 Å². The Hall–Kier alpha value is -2.41. The van der Waals surface area contributed by atoms with Gasteiger partial charge in [-0.25, -0.2) is 4.68 Å². The Balaban J connectivity index is 1.82. The Morgan fingerprint density at radius 2 is 2.00 bits per heavy atom. The number of hydrogen-bond acceptors (Lipinski definition) is 5. The van der Waals surface area contributed by atoms with Gasteiger partial charge in [-0.15, -0.1) is 5.10 Å². The van der Waals surface area contributed by atoms with E-state index >= 15 is 0 Å². The number of nitrogens with one attached hydrogen (secondary N) is 1. The molecule has 0 radical (unpaired) electrons. The van der Waals surface area contributed by atoms with Gasteiger partial charge >= 0.3 is 0 Å². The van der Waals surface area contributed by atoms with E-state index in [1.54, 1.807) is 11.8 Å². The molecule has 1 aliphatic rings. The average Bonchev–Trinajstić information content (AvgIpc) is 3.22. The molecule has 7 heteroatoms. The molecule has 1 fully saturated rings. The molecule has 0 unspecified atom stereocenters. The Bertz CT molecular complexity index is 717. The van der Waals surface area contributed by atoms with E-state index in [0.29, 0.717) is 17.9 Å². The number of nitrogens with two attached hydrogens (primary N) is 1. The normalized spacial score (nSPS) is 16.1. The molecule has 1 aliphatic carbocycles. The number of benzene rings is 1. The largest absolute Gasteiger partial charge is 0.497 e. The van der Waals surface area contributed by atoms with Crippen LogP contribution in [0.3, 0.4) is 0 Å². The van der Waals surface area contributed by atoms with E-state index in [-0.39, 0.29) is 11.4 Å². The first-order valence-electron chi connectivity index (χ1n) is 8.18. The first kappa shape index (κ1) is 16.4. The van der Waals surface area contributed by atoms with Crippen LogP contribution in [0.5, 0.6) is 5.75 Å². The summed E-state index contributed by atoms with van der Waals surface area (Å²) in [6.07, 6.45) is 4.02. The van der Waals surface area contributed by atoms with Gasteiger partial charge in [0, 0.05) is 6.54 Å². The highest BCUT2D eigenvalue weighted by atomic mass is 16.5. The van der Waals surface area contributed by atoms with Gasteiger partial charge < -0.3 is 15.8 Å². The van der Waals surface area contributed by atoms with E-state index in [4.69, 9.17) is 10.5 Å². The highest BCUT2D eigenvalue weighted by molar-refractivity contribution is 5.93. The fourth-order valence-electron chi connectivity index (χ4n) is 3.24. The minimum absolute atomic E-state index is 0.209. The van der Waals surface area contributed by atoms with E-state index in [1.807, 2.05) is 31.2 Å². The molecule has 1 saturated carbocycles. The van der Waals surface area contributed by atoms with Gasteiger partial charge in [0.05, 0.1) is 24.0 Å². The summed E-state index contributed by atoms with van der Waals surface area (Å²) in [4.78, 5) is 12.6. The molecule has 3 rings (SSSR count). The maximum atomic E-state index is 12.6. The molecule has 1 aromatic heterocycles. The van der Waals surface area contributed by atoms with Crippen molar-refractivity contribution < 1.29 is 9.53 Å².